The molecule has 3 heteroatoms. The molecule has 1 fully saturated rings. The molecule has 1 aromatic rings. The zero-order valence-corrected chi connectivity index (χ0v) is 11.5. The van der Waals surface area contributed by atoms with Crippen molar-refractivity contribution in [2.24, 2.45) is 0 Å². The van der Waals surface area contributed by atoms with E-state index in [9.17, 15) is 0 Å². The van der Waals surface area contributed by atoms with Crippen LogP contribution in [0.2, 0.25) is 0 Å². The summed E-state index contributed by atoms with van der Waals surface area (Å²) in [5.74, 6) is 0. The molecule has 1 aliphatic heterocycles. The van der Waals surface area contributed by atoms with Gasteiger partial charge in [0.1, 0.15) is 0 Å². The number of hydrogen-bond donors (Lipinski definition) is 1. The van der Waals surface area contributed by atoms with Crippen molar-refractivity contribution in [3.05, 3.63) is 33.8 Å². The molecule has 1 saturated heterocycles. The minimum Gasteiger partial charge on any atom is -0.312 e. The van der Waals surface area contributed by atoms with Gasteiger partial charge in [-0.25, -0.2) is 0 Å². The third-order valence-corrected chi connectivity index (χ3v) is 3.97. The van der Waals surface area contributed by atoms with Gasteiger partial charge in [-0.2, -0.15) is 0 Å². The lowest BCUT2D eigenvalue weighted by Crippen LogP contribution is -2.48. The summed E-state index contributed by atoms with van der Waals surface area (Å²) in [6, 6.07) is 7.25. The molecular formula is C13H19BrN2. The van der Waals surface area contributed by atoms with Gasteiger partial charge in [0.05, 0.1) is 0 Å². The Bertz CT molecular complexity index is 365. The van der Waals surface area contributed by atoms with Crippen LogP contribution in [0, 0.1) is 6.92 Å². The fourth-order valence-electron chi connectivity index (χ4n) is 2.22. The van der Waals surface area contributed by atoms with E-state index in [1.54, 1.807) is 0 Å². The van der Waals surface area contributed by atoms with Crippen molar-refractivity contribution < 1.29 is 0 Å². The van der Waals surface area contributed by atoms with Gasteiger partial charge < -0.3 is 5.32 Å². The molecule has 1 N–H and O–H groups in total. The summed E-state index contributed by atoms with van der Waals surface area (Å²) in [5.41, 5.74) is 2.73. The number of nitrogens with one attached hydrogen (secondary N) is 1. The number of halogens is 1. The van der Waals surface area contributed by atoms with Crippen molar-refractivity contribution in [1.82, 2.24) is 10.2 Å². The van der Waals surface area contributed by atoms with Crippen molar-refractivity contribution in [2.75, 3.05) is 19.6 Å². The summed E-state index contributed by atoms with van der Waals surface area (Å²) >= 11 is 3.54. The van der Waals surface area contributed by atoms with Crippen LogP contribution in [0.3, 0.4) is 0 Å². The van der Waals surface area contributed by atoms with Gasteiger partial charge in [-0.15, -0.1) is 0 Å². The van der Waals surface area contributed by atoms with Crippen molar-refractivity contribution in [2.45, 2.75) is 26.4 Å². The number of benzene rings is 1. The van der Waals surface area contributed by atoms with Crippen molar-refractivity contribution in [3.8, 4) is 0 Å². The van der Waals surface area contributed by atoms with Crippen LogP contribution in [0.15, 0.2) is 22.7 Å². The predicted molar refractivity (Wildman–Crippen MR) is 71.6 cm³/mol. The van der Waals surface area contributed by atoms with Crippen molar-refractivity contribution in [1.29, 1.82) is 0 Å². The molecule has 0 aromatic heterocycles. The molecule has 2 nitrogen and oxygen atoms in total. The molecule has 0 saturated carbocycles. The highest BCUT2D eigenvalue weighted by molar-refractivity contribution is 9.10. The lowest BCUT2D eigenvalue weighted by atomic mass is 10.1. The van der Waals surface area contributed by atoms with Crippen LogP contribution in [0.25, 0.3) is 0 Å². The Kier molecular flexibility index (Phi) is 4.00. The van der Waals surface area contributed by atoms with Crippen LogP contribution < -0.4 is 5.32 Å². The first kappa shape index (κ1) is 12.1. The molecule has 2 rings (SSSR count). The summed E-state index contributed by atoms with van der Waals surface area (Å²) in [6.45, 7) is 8.87. The molecule has 0 aliphatic carbocycles. The highest BCUT2D eigenvalue weighted by Crippen LogP contribution is 2.18. The van der Waals surface area contributed by atoms with Gasteiger partial charge in [0.2, 0.25) is 0 Å². The highest BCUT2D eigenvalue weighted by Gasteiger charge is 2.15. The predicted octanol–water partition coefficient (Wildman–Crippen LogP) is 2.55. The number of hydrogen-bond acceptors (Lipinski definition) is 2. The maximum absolute atomic E-state index is 3.54. The third-order valence-electron chi connectivity index (χ3n) is 3.08. The third kappa shape index (κ3) is 3.06. The topological polar surface area (TPSA) is 15.3 Å². The zero-order chi connectivity index (χ0) is 11.5. The van der Waals surface area contributed by atoms with Crippen LogP contribution in [0.4, 0.5) is 0 Å². The smallest absolute Gasteiger partial charge is 0.0235 e. The second kappa shape index (κ2) is 5.30. The molecule has 88 valence electrons. The maximum Gasteiger partial charge on any atom is 0.0235 e. The van der Waals surface area contributed by atoms with Gasteiger partial charge in [-0.1, -0.05) is 28.1 Å². The van der Waals surface area contributed by atoms with Crippen LogP contribution in [0.5, 0.6) is 0 Å². The first-order valence-electron chi connectivity index (χ1n) is 5.86. The SMILES string of the molecule is Cc1cc(CN2CCN[C@H](C)C2)ccc1Br. The minimum atomic E-state index is 0.616. The monoisotopic (exact) mass is 282 g/mol. The van der Waals surface area contributed by atoms with E-state index in [1.807, 2.05) is 0 Å². The van der Waals surface area contributed by atoms with Crippen LogP contribution in [-0.2, 0) is 6.54 Å². The summed E-state index contributed by atoms with van der Waals surface area (Å²) in [7, 11) is 0. The minimum absolute atomic E-state index is 0.616. The molecule has 1 aliphatic rings. The molecule has 0 radical (unpaired) electrons. The highest BCUT2D eigenvalue weighted by atomic mass is 79.9. The van der Waals surface area contributed by atoms with E-state index in [0.29, 0.717) is 6.04 Å². The Labute approximate surface area is 106 Å². The average molecular weight is 283 g/mol. The number of rotatable bonds is 2. The number of nitrogens with zero attached hydrogens (tertiary/aromatic N) is 1. The number of piperazine rings is 1. The molecule has 0 spiro atoms. The Balaban J connectivity index is 2.00. The largest absolute Gasteiger partial charge is 0.312 e. The molecule has 16 heavy (non-hydrogen) atoms. The molecule has 1 atom stereocenters. The zero-order valence-electron chi connectivity index (χ0n) is 9.96. The second-order valence-electron chi connectivity index (χ2n) is 4.67. The van der Waals surface area contributed by atoms with Crippen molar-refractivity contribution in [3.63, 3.8) is 0 Å². The Morgan fingerprint density at radius 3 is 3.00 bits per heavy atom. The van der Waals surface area contributed by atoms with E-state index in [0.717, 1.165) is 26.2 Å². The molecule has 0 unspecified atom stereocenters. The lowest BCUT2D eigenvalue weighted by Gasteiger charge is -2.31. The summed E-state index contributed by atoms with van der Waals surface area (Å²) < 4.78 is 1.20. The van der Waals surface area contributed by atoms with E-state index >= 15 is 0 Å². The Hall–Kier alpha value is -0.380. The molecule has 0 amide bonds. The average Bonchev–Trinajstić information content (AvgIpc) is 2.24. The number of aryl methyl sites for hydroxylation is 1. The Morgan fingerprint density at radius 2 is 2.31 bits per heavy atom. The van der Waals surface area contributed by atoms with E-state index in [2.05, 4.69) is 58.2 Å². The first-order valence-corrected chi connectivity index (χ1v) is 6.65. The summed E-state index contributed by atoms with van der Waals surface area (Å²) in [4.78, 5) is 2.52. The molecular weight excluding hydrogens is 264 g/mol. The van der Waals surface area contributed by atoms with Gasteiger partial charge >= 0.3 is 0 Å². The molecule has 0 bridgehead atoms. The maximum atomic E-state index is 3.54. The van der Waals surface area contributed by atoms with E-state index in [1.165, 1.54) is 15.6 Å². The fourth-order valence-corrected chi connectivity index (χ4v) is 2.47. The standard InChI is InChI=1S/C13H19BrN2/c1-10-7-12(3-4-13(10)14)9-16-6-5-15-11(2)8-16/h3-4,7,11,15H,5-6,8-9H2,1-2H3/t11-/m1/s1. The molecule has 1 heterocycles. The van der Waals surface area contributed by atoms with Gasteiger partial charge in [0, 0.05) is 36.7 Å². The van der Waals surface area contributed by atoms with E-state index in [-0.39, 0.29) is 0 Å². The van der Waals surface area contributed by atoms with Crippen LogP contribution >= 0.6 is 15.9 Å². The Morgan fingerprint density at radius 1 is 1.50 bits per heavy atom. The quantitative estimate of drug-likeness (QED) is 0.897. The summed E-state index contributed by atoms with van der Waals surface area (Å²) in [6.07, 6.45) is 0. The fraction of sp³-hybridized carbons (Fsp3) is 0.538. The summed E-state index contributed by atoms with van der Waals surface area (Å²) in [5, 5.41) is 3.47. The van der Waals surface area contributed by atoms with Crippen LogP contribution in [0.1, 0.15) is 18.1 Å². The normalized spacial score (nSPS) is 22.3. The van der Waals surface area contributed by atoms with Gasteiger partial charge in [-0.05, 0) is 31.0 Å². The van der Waals surface area contributed by atoms with Crippen molar-refractivity contribution >= 4 is 15.9 Å². The first-order chi connectivity index (χ1) is 7.65. The van der Waals surface area contributed by atoms with E-state index < -0.39 is 0 Å². The van der Waals surface area contributed by atoms with E-state index in [4.69, 9.17) is 0 Å². The molecule has 1 aromatic carbocycles. The van der Waals surface area contributed by atoms with Gasteiger partial charge in [0.15, 0.2) is 0 Å². The lowest BCUT2D eigenvalue weighted by molar-refractivity contribution is 0.199. The van der Waals surface area contributed by atoms with Gasteiger partial charge in [-0.3, -0.25) is 4.90 Å². The van der Waals surface area contributed by atoms with Gasteiger partial charge in [0.25, 0.3) is 0 Å². The second-order valence-corrected chi connectivity index (χ2v) is 5.53. The van der Waals surface area contributed by atoms with Crippen LogP contribution in [-0.4, -0.2) is 30.6 Å².